The summed E-state index contributed by atoms with van der Waals surface area (Å²) >= 11 is 0. The predicted octanol–water partition coefficient (Wildman–Crippen LogP) is 0.349. The minimum absolute atomic E-state index is 0.505. The van der Waals surface area contributed by atoms with Gasteiger partial charge < -0.3 is 5.73 Å². The minimum Gasteiger partial charge on any atom is -0.330 e. The van der Waals surface area contributed by atoms with Crippen LogP contribution >= 0.6 is 9.39 Å². The zero-order valence-electron chi connectivity index (χ0n) is 5.52. The molecule has 0 aromatic heterocycles. The molecule has 0 aromatic rings. The largest absolute Gasteiger partial charge is 0.330 e. The summed E-state index contributed by atoms with van der Waals surface area (Å²) in [6.07, 6.45) is 0. The van der Waals surface area contributed by atoms with Crippen molar-refractivity contribution >= 4 is 9.39 Å². The SMILES string of the molecule is CC(CN)C(C)NP. The van der Waals surface area contributed by atoms with Gasteiger partial charge in [-0.2, -0.15) is 0 Å². The summed E-state index contributed by atoms with van der Waals surface area (Å²) < 4.78 is 0. The number of rotatable bonds is 3. The highest BCUT2D eigenvalue weighted by Gasteiger charge is 2.05. The highest BCUT2D eigenvalue weighted by Crippen LogP contribution is 1.99. The smallest absolute Gasteiger partial charge is 0.0108 e. The van der Waals surface area contributed by atoms with Crippen molar-refractivity contribution in [1.82, 2.24) is 5.09 Å². The molecule has 0 saturated carbocycles. The van der Waals surface area contributed by atoms with E-state index in [-0.39, 0.29) is 0 Å². The Bertz CT molecular complexity index is 50.4. The fourth-order valence-electron chi connectivity index (χ4n) is 0.368. The van der Waals surface area contributed by atoms with E-state index in [0.717, 1.165) is 6.54 Å². The third kappa shape index (κ3) is 2.61. The Kier molecular flexibility index (Phi) is 4.44. The van der Waals surface area contributed by atoms with Crippen molar-refractivity contribution in [1.29, 1.82) is 0 Å². The van der Waals surface area contributed by atoms with E-state index in [1.807, 2.05) is 0 Å². The summed E-state index contributed by atoms with van der Waals surface area (Å²) in [5.74, 6) is 0.562. The molecule has 3 heteroatoms. The maximum atomic E-state index is 5.40. The molecule has 0 aromatic carbocycles. The van der Waals surface area contributed by atoms with Crippen LogP contribution in [0, 0.1) is 5.92 Å². The fraction of sp³-hybridized carbons (Fsp3) is 1.00. The molecule has 3 unspecified atom stereocenters. The van der Waals surface area contributed by atoms with Gasteiger partial charge in [0.25, 0.3) is 0 Å². The molecule has 3 N–H and O–H groups in total. The first-order valence-corrected chi connectivity index (χ1v) is 3.46. The Morgan fingerprint density at radius 1 is 1.62 bits per heavy atom. The van der Waals surface area contributed by atoms with Crippen molar-refractivity contribution in [3.05, 3.63) is 0 Å². The Morgan fingerprint density at radius 2 is 2.12 bits per heavy atom. The summed E-state index contributed by atoms with van der Waals surface area (Å²) in [5.41, 5.74) is 5.40. The van der Waals surface area contributed by atoms with Crippen LogP contribution in [0.4, 0.5) is 0 Å². The maximum Gasteiger partial charge on any atom is 0.0108 e. The summed E-state index contributed by atoms with van der Waals surface area (Å²) in [5, 5.41) is 3.05. The molecule has 0 aliphatic carbocycles. The van der Waals surface area contributed by atoms with Crippen LogP contribution in [0.3, 0.4) is 0 Å². The molecule has 0 aliphatic heterocycles. The van der Waals surface area contributed by atoms with Gasteiger partial charge in [-0.1, -0.05) is 16.3 Å². The third-order valence-corrected chi connectivity index (χ3v) is 2.01. The Labute approximate surface area is 53.5 Å². The van der Waals surface area contributed by atoms with Gasteiger partial charge in [0, 0.05) is 6.04 Å². The van der Waals surface area contributed by atoms with Gasteiger partial charge in [-0.3, -0.25) is 5.09 Å². The molecule has 0 heterocycles. The van der Waals surface area contributed by atoms with Crippen LogP contribution in [0.1, 0.15) is 13.8 Å². The maximum absolute atomic E-state index is 5.40. The topological polar surface area (TPSA) is 38.0 Å². The summed E-state index contributed by atoms with van der Waals surface area (Å²) in [6.45, 7) is 4.99. The van der Waals surface area contributed by atoms with Crippen LogP contribution in [0.25, 0.3) is 0 Å². The van der Waals surface area contributed by atoms with Gasteiger partial charge in [-0.25, -0.2) is 0 Å². The quantitative estimate of drug-likeness (QED) is 0.546. The zero-order valence-corrected chi connectivity index (χ0v) is 6.67. The van der Waals surface area contributed by atoms with Crippen LogP contribution < -0.4 is 10.8 Å². The summed E-state index contributed by atoms with van der Waals surface area (Å²) in [4.78, 5) is 0. The minimum atomic E-state index is 0.505. The van der Waals surface area contributed by atoms with Gasteiger partial charge in [-0.05, 0) is 19.4 Å². The average molecular weight is 134 g/mol. The first-order chi connectivity index (χ1) is 3.72. The van der Waals surface area contributed by atoms with Crippen LogP contribution in [0.15, 0.2) is 0 Å². The molecule has 0 amide bonds. The fourth-order valence-corrected chi connectivity index (χ4v) is 0.697. The molecule has 0 bridgehead atoms. The van der Waals surface area contributed by atoms with Crippen molar-refractivity contribution in [3.8, 4) is 0 Å². The van der Waals surface area contributed by atoms with Gasteiger partial charge in [0.1, 0.15) is 0 Å². The Hall–Kier alpha value is 0.350. The van der Waals surface area contributed by atoms with Crippen LogP contribution in [-0.2, 0) is 0 Å². The molecule has 0 fully saturated rings. The lowest BCUT2D eigenvalue weighted by Gasteiger charge is -2.15. The van der Waals surface area contributed by atoms with Crippen molar-refractivity contribution in [2.45, 2.75) is 19.9 Å². The van der Waals surface area contributed by atoms with E-state index >= 15 is 0 Å². The standard InChI is InChI=1S/C5H15N2P/c1-4(3-6)5(2)7-8/h4-5,7H,3,6,8H2,1-2H3. The number of hydrogen-bond donors (Lipinski definition) is 2. The van der Waals surface area contributed by atoms with Crippen molar-refractivity contribution < 1.29 is 0 Å². The lowest BCUT2D eigenvalue weighted by molar-refractivity contribution is 0.471. The highest BCUT2D eigenvalue weighted by molar-refractivity contribution is 7.13. The van der Waals surface area contributed by atoms with E-state index in [0.29, 0.717) is 12.0 Å². The van der Waals surface area contributed by atoms with E-state index in [2.05, 4.69) is 28.3 Å². The lowest BCUT2D eigenvalue weighted by atomic mass is 10.1. The molecule has 8 heavy (non-hydrogen) atoms. The van der Waals surface area contributed by atoms with Crippen molar-refractivity contribution in [2.24, 2.45) is 11.7 Å². The van der Waals surface area contributed by atoms with Gasteiger partial charge in [0.05, 0.1) is 0 Å². The summed E-state index contributed by atoms with van der Waals surface area (Å²) in [6, 6.07) is 0.505. The molecule has 0 saturated heterocycles. The molecule has 3 atom stereocenters. The average Bonchev–Trinajstić information content (AvgIpc) is 1.84. The van der Waals surface area contributed by atoms with Gasteiger partial charge in [0.15, 0.2) is 0 Å². The lowest BCUT2D eigenvalue weighted by Crippen LogP contribution is -2.29. The van der Waals surface area contributed by atoms with Crippen molar-refractivity contribution in [3.63, 3.8) is 0 Å². The van der Waals surface area contributed by atoms with E-state index in [1.54, 1.807) is 0 Å². The molecular formula is C5H15N2P. The van der Waals surface area contributed by atoms with Gasteiger partial charge in [0.2, 0.25) is 0 Å². The monoisotopic (exact) mass is 134 g/mol. The van der Waals surface area contributed by atoms with Gasteiger partial charge in [-0.15, -0.1) is 0 Å². The molecular weight excluding hydrogens is 119 g/mol. The zero-order chi connectivity index (χ0) is 6.57. The number of hydrogen-bond acceptors (Lipinski definition) is 2. The Balaban J connectivity index is 3.29. The van der Waals surface area contributed by atoms with Gasteiger partial charge >= 0.3 is 0 Å². The van der Waals surface area contributed by atoms with E-state index in [9.17, 15) is 0 Å². The second-order valence-electron chi connectivity index (χ2n) is 2.17. The van der Waals surface area contributed by atoms with Crippen LogP contribution in [0.2, 0.25) is 0 Å². The normalized spacial score (nSPS) is 18.0. The second-order valence-corrected chi connectivity index (χ2v) is 2.50. The predicted molar refractivity (Wildman–Crippen MR) is 40.5 cm³/mol. The highest BCUT2D eigenvalue weighted by atomic mass is 31.0. The first kappa shape index (κ1) is 8.35. The molecule has 50 valence electrons. The van der Waals surface area contributed by atoms with Crippen LogP contribution in [0.5, 0.6) is 0 Å². The molecule has 0 rings (SSSR count). The first-order valence-electron chi connectivity index (χ1n) is 2.88. The Morgan fingerprint density at radius 3 is 2.25 bits per heavy atom. The second kappa shape index (κ2) is 4.25. The molecule has 0 radical (unpaired) electrons. The van der Waals surface area contributed by atoms with E-state index in [1.165, 1.54) is 0 Å². The number of nitrogens with one attached hydrogen (secondary N) is 1. The number of nitrogens with two attached hydrogens (primary N) is 1. The van der Waals surface area contributed by atoms with Crippen molar-refractivity contribution in [2.75, 3.05) is 6.54 Å². The summed E-state index contributed by atoms with van der Waals surface area (Å²) in [7, 11) is 2.49. The molecule has 0 aliphatic rings. The van der Waals surface area contributed by atoms with E-state index in [4.69, 9.17) is 5.73 Å². The third-order valence-electron chi connectivity index (χ3n) is 1.49. The molecule has 0 spiro atoms. The molecule has 2 nitrogen and oxygen atoms in total. The van der Waals surface area contributed by atoms with Crippen LogP contribution in [-0.4, -0.2) is 12.6 Å². The van der Waals surface area contributed by atoms with E-state index < -0.39 is 0 Å².